The smallest absolute Gasteiger partial charge is 0.167 e. The molecule has 3 nitrogen and oxygen atoms in total. The third-order valence-corrected chi connectivity index (χ3v) is 3.54. The zero-order valence-corrected chi connectivity index (χ0v) is 10.7. The molecule has 0 saturated carbocycles. The SMILES string of the molecule is CC(C)Oc1cc(SC2COC2)c(N)cc1F. The molecule has 5 heteroatoms. The molecular formula is C12H16FNO2S. The molecule has 0 aliphatic carbocycles. The summed E-state index contributed by atoms with van der Waals surface area (Å²) in [4.78, 5) is 0.857. The highest BCUT2D eigenvalue weighted by molar-refractivity contribution is 8.00. The number of hydrogen-bond donors (Lipinski definition) is 1. The highest BCUT2D eigenvalue weighted by Gasteiger charge is 2.21. The summed E-state index contributed by atoms with van der Waals surface area (Å²) in [6.45, 7) is 5.18. The molecule has 1 aliphatic rings. The molecule has 0 atom stereocenters. The third kappa shape index (κ3) is 3.04. The standard InChI is InChI=1S/C12H16FNO2S/c1-7(2)16-11-4-12(10(14)3-9(11)13)17-8-5-15-6-8/h3-4,7-8H,5-6,14H2,1-2H3. The predicted octanol–water partition coefficient (Wildman–Crippen LogP) is 2.69. The summed E-state index contributed by atoms with van der Waals surface area (Å²) >= 11 is 1.61. The van der Waals surface area contributed by atoms with Gasteiger partial charge in [-0.3, -0.25) is 0 Å². The van der Waals surface area contributed by atoms with Crippen LogP contribution in [0.25, 0.3) is 0 Å². The minimum Gasteiger partial charge on any atom is -0.488 e. The summed E-state index contributed by atoms with van der Waals surface area (Å²) < 4.78 is 24.1. The van der Waals surface area contributed by atoms with Gasteiger partial charge >= 0.3 is 0 Å². The van der Waals surface area contributed by atoms with Crippen molar-refractivity contribution in [1.82, 2.24) is 0 Å². The quantitative estimate of drug-likeness (QED) is 0.842. The van der Waals surface area contributed by atoms with Crippen LogP contribution in [0.3, 0.4) is 0 Å². The van der Waals surface area contributed by atoms with Crippen LogP contribution in [-0.2, 0) is 4.74 Å². The van der Waals surface area contributed by atoms with Crippen molar-refractivity contribution >= 4 is 17.4 Å². The van der Waals surface area contributed by atoms with E-state index >= 15 is 0 Å². The van der Waals surface area contributed by atoms with Gasteiger partial charge in [0.15, 0.2) is 11.6 Å². The fraction of sp³-hybridized carbons (Fsp3) is 0.500. The van der Waals surface area contributed by atoms with Crippen LogP contribution in [0.15, 0.2) is 17.0 Å². The van der Waals surface area contributed by atoms with Crippen molar-refractivity contribution in [3.63, 3.8) is 0 Å². The second kappa shape index (κ2) is 5.14. The first-order chi connectivity index (χ1) is 8.06. The molecule has 1 aliphatic heterocycles. The van der Waals surface area contributed by atoms with Gasteiger partial charge in [-0.05, 0) is 19.9 Å². The molecule has 17 heavy (non-hydrogen) atoms. The van der Waals surface area contributed by atoms with Gasteiger partial charge in [-0.2, -0.15) is 0 Å². The van der Waals surface area contributed by atoms with Crippen LogP contribution in [0.5, 0.6) is 5.75 Å². The Morgan fingerprint density at radius 2 is 2.18 bits per heavy atom. The molecule has 0 bridgehead atoms. The number of halogens is 1. The van der Waals surface area contributed by atoms with Gasteiger partial charge in [0.2, 0.25) is 0 Å². The lowest BCUT2D eigenvalue weighted by Gasteiger charge is -2.26. The topological polar surface area (TPSA) is 44.5 Å². The average molecular weight is 257 g/mol. The van der Waals surface area contributed by atoms with Crippen LogP contribution >= 0.6 is 11.8 Å². The Labute approximate surface area is 104 Å². The van der Waals surface area contributed by atoms with Gasteiger partial charge in [-0.25, -0.2) is 4.39 Å². The summed E-state index contributed by atoms with van der Waals surface area (Å²) in [5.41, 5.74) is 6.25. The van der Waals surface area contributed by atoms with E-state index in [0.717, 1.165) is 18.1 Å². The van der Waals surface area contributed by atoms with E-state index in [1.165, 1.54) is 6.07 Å². The highest BCUT2D eigenvalue weighted by Crippen LogP contribution is 2.36. The number of thioether (sulfide) groups is 1. The minimum absolute atomic E-state index is 0.0574. The van der Waals surface area contributed by atoms with E-state index in [2.05, 4.69) is 0 Å². The van der Waals surface area contributed by atoms with Crippen molar-refractivity contribution in [2.24, 2.45) is 0 Å². The third-order valence-electron chi connectivity index (χ3n) is 2.33. The minimum atomic E-state index is -0.412. The van der Waals surface area contributed by atoms with Gasteiger partial charge in [-0.15, -0.1) is 11.8 Å². The maximum absolute atomic E-state index is 13.6. The number of benzene rings is 1. The molecule has 1 aromatic carbocycles. The summed E-state index contributed by atoms with van der Waals surface area (Å²) in [5.74, 6) is -0.151. The first-order valence-corrected chi connectivity index (χ1v) is 6.44. The van der Waals surface area contributed by atoms with Crippen molar-refractivity contribution < 1.29 is 13.9 Å². The van der Waals surface area contributed by atoms with E-state index in [1.807, 2.05) is 13.8 Å². The monoisotopic (exact) mass is 257 g/mol. The number of anilines is 1. The number of rotatable bonds is 4. The van der Waals surface area contributed by atoms with E-state index in [4.69, 9.17) is 15.2 Å². The molecule has 2 N–H and O–H groups in total. The fourth-order valence-electron chi connectivity index (χ4n) is 1.46. The van der Waals surface area contributed by atoms with E-state index in [0.29, 0.717) is 10.9 Å². The molecule has 0 spiro atoms. The first kappa shape index (κ1) is 12.5. The van der Waals surface area contributed by atoms with Gasteiger partial charge in [-0.1, -0.05) is 0 Å². The average Bonchev–Trinajstić information content (AvgIpc) is 2.17. The lowest BCUT2D eigenvalue weighted by atomic mass is 10.3. The van der Waals surface area contributed by atoms with Crippen LogP contribution in [0, 0.1) is 5.82 Å². The zero-order chi connectivity index (χ0) is 12.4. The van der Waals surface area contributed by atoms with Crippen LogP contribution in [-0.4, -0.2) is 24.6 Å². The van der Waals surface area contributed by atoms with Crippen molar-refractivity contribution in [2.75, 3.05) is 18.9 Å². The van der Waals surface area contributed by atoms with E-state index in [9.17, 15) is 4.39 Å². The number of nitrogen functional groups attached to an aromatic ring is 1. The molecule has 94 valence electrons. The predicted molar refractivity (Wildman–Crippen MR) is 67.0 cm³/mol. The van der Waals surface area contributed by atoms with Crippen molar-refractivity contribution in [3.8, 4) is 5.75 Å². The van der Waals surface area contributed by atoms with Gasteiger partial charge in [0.1, 0.15) is 0 Å². The molecule has 1 aromatic rings. The maximum Gasteiger partial charge on any atom is 0.167 e. The zero-order valence-electron chi connectivity index (χ0n) is 9.90. The Morgan fingerprint density at radius 3 is 2.71 bits per heavy atom. The largest absolute Gasteiger partial charge is 0.488 e. The number of nitrogens with two attached hydrogens (primary N) is 1. The molecule has 1 fully saturated rings. The second-order valence-electron chi connectivity index (χ2n) is 4.26. The summed E-state index contributed by atoms with van der Waals surface area (Å²) in [7, 11) is 0. The molecule has 0 unspecified atom stereocenters. The van der Waals surface area contributed by atoms with Gasteiger partial charge < -0.3 is 15.2 Å². The molecule has 0 amide bonds. The van der Waals surface area contributed by atoms with E-state index in [1.54, 1.807) is 17.8 Å². The highest BCUT2D eigenvalue weighted by atomic mass is 32.2. The van der Waals surface area contributed by atoms with Crippen molar-refractivity contribution in [2.45, 2.75) is 30.1 Å². The summed E-state index contributed by atoms with van der Waals surface area (Å²) in [5, 5.41) is 0.412. The van der Waals surface area contributed by atoms with Crippen molar-refractivity contribution in [1.29, 1.82) is 0 Å². The molecular weight excluding hydrogens is 241 g/mol. The molecule has 2 rings (SSSR count). The first-order valence-electron chi connectivity index (χ1n) is 5.56. The Bertz CT molecular complexity index is 408. The number of hydrogen-bond acceptors (Lipinski definition) is 4. The normalized spacial score (nSPS) is 16.0. The Morgan fingerprint density at radius 1 is 1.47 bits per heavy atom. The summed E-state index contributed by atoms with van der Waals surface area (Å²) in [6, 6.07) is 2.99. The van der Waals surface area contributed by atoms with Crippen LogP contribution in [0.1, 0.15) is 13.8 Å². The Hall–Kier alpha value is -0.940. The van der Waals surface area contributed by atoms with Gasteiger partial charge in [0.25, 0.3) is 0 Å². The Balaban J connectivity index is 2.18. The lowest BCUT2D eigenvalue weighted by Crippen LogP contribution is -2.30. The van der Waals surface area contributed by atoms with E-state index < -0.39 is 5.82 Å². The van der Waals surface area contributed by atoms with Crippen LogP contribution in [0.4, 0.5) is 10.1 Å². The molecule has 0 aromatic heterocycles. The van der Waals surface area contributed by atoms with Crippen LogP contribution in [0.2, 0.25) is 0 Å². The molecule has 0 radical (unpaired) electrons. The second-order valence-corrected chi connectivity index (χ2v) is 5.61. The lowest BCUT2D eigenvalue weighted by molar-refractivity contribution is 0.0455. The summed E-state index contributed by atoms with van der Waals surface area (Å²) in [6.07, 6.45) is -0.0574. The van der Waals surface area contributed by atoms with E-state index in [-0.39, 0.29) is 11.9 Å². The maximum atomic E-state index is 13.6. The van der Waals surface area contributed by atoms with Gasteiger partial charge in [0.05, 0.1) is 24.6 Å². The number of ether oxygens (including phenoxy) is 2. The fourth-order valence-corrected chi connectivity index (χ4v) is 2.52. The molecule has 1 saturated heterocycles. The van der Waals surface area contributed by atoms with Crippen molar-refractivity contribution in [3.05, 3.63) is 17.9 Å². The Kier molecular flexibility index (Phi) is 3.79. The molecule has 1 heterocycles. The van der Waals surface area contributed by atoms with Crippen LogP contribution < -0.4 is 10.5 Å². The van der Waals surface area contributed by atoms with Gasteiger partial charge in [0, 0.05) is 16.6 Å².